The Hall–Kier alpha value is 2.96. The Morgan fingerprint density at radius 1 is 1.25 bits per heavy atom. The van der Waals surface area contributed by atoms with Crippen LogP contribution in [-0.4, -0.2) is 113 Å². The fraction of sp³-hybridized carbons (Fsp3) is 0. The first-order valence-electron chi connectivity index (χ1n) is 1.45. The van der Waals surface area contributed by atoms with Crippen molar-refractivity contribution < 1.29 is 31.3 Å². The summed E-state index contributed by atoms with van der Waals surface area (Å²) in [4.78, 5) is 15.4. The van der Waals surface area contributed by atoms with Gasteiger partial charge in [-0.05, 0) is 0 Å². The molecule has 0 saturated carbocycles. The van der Waals surface area contributed by atoms with Crippen molar-refractivity contribution in [3.05, 3.63) is 0 Å². The normalized spacial score (nSPS) is 10.2. The molecule has 0 saturated heterocycles. The van der Waals surface area contributed by atoms with Gasteiger partial charge in [0.15, 0.2) is 17.4 Å². The molecule has 72 valence electrons. The van der Waals surface area contributed by atoms with Crippen LogP contribution in [0.2, 0.25) is 0 Å². The van der Waals surface area contributed by atoms with Crippen LogP contribution >= 0.6 is 7.82 Å². The van der Waals surface area contributed by atoms with Gasteiger partial charge in [0.25, 0.3) is 0 Å². The van der Waals surface area contributed by atoms with Crippen LogP contribution < -0.4 is 0 Å². The number of rotatable bonds is 2. The predicted octanol–water partition coefficient (Wildman–Crippen LogP) is -4.12. The van der Waals surface area contributed by atoms with Crippen LogP contribution in [0.15, 0.2) is 0 Å². The van der Waals surface area contributed by atoms with Gasteiger partial charge in [0, 0.05) is 0 Å². The summed E-state index contributed by atoms with van der Waals surface area (Å²) in [7, 11) is -10.2. The molecule has 0 spiro atoms. The molecule has 0 aromatic heterocycles. The summed E-state index contributed by atoms with van der Waals surface area (Å²) in [5.41, 5.74) is 0. The topological polar surface area (TPSA) is 121 Å². The zero-order valence-electron chi connectivity index (χ0n) is 4.54. The summed E-state index contributed by atoms with van der Waals surface area (Å²) in [6.45, 7) is 0. The van der Waals surface area contributed by atoms with Crippen molar-refractivity contribution in [2.24, 2.45) is 0 Å². The Kier molecular flexibility index (Phi) is 18.6. The molecule has 0 aromatic rings. The van der Waals surface area contributed by atoms with Gasteiger partial charge in [-0.3, -0.25) is 4.55 Å². The van der Waals surface area contributed by atoms with Crippen LogP contribution in [-0.2, 0) is 18.9 Å². The Balaban J connectivity index is -0.000000107. The average molecular weight is 507 g/mol. The van der Waals surface area contributed by atoms with Gasteiger partial charge in [-0.2, -0.15) is 8.42 Å². The van der Waals surface area contributed by atoms with Gasteiger partial charge in [0.05, 0.1) is 0 Å². The minimum atomic E-state index is -5.13. The van der Waals surface area contributed by atoms with Crippen LogP contribution in [0.25, 0.3) is 0 Å². The van der Waals surface area contributed by atoms with E-state index >= 15 is 0 Å². The van der Waals surface area contributed by atoms with Gasteiger partial charge in [0.2, 0.25) is 0 Å². The van der Waals surface area contributed by atoms with E-state index < -0.39 is 18.2 Å². The average Bonchev–Trinajstić information content (AvgIpc) is 1.14. The van der Waals surface area contributed by atoms with E-state index in [1.54, 1.807) is 0 Å². The quantitative estimate of drug-likeness (QED) is 0.198. The third-order valence-corrected chi connectivity index (χ3v) is 1.72. The molecule has 0 atom stereocenters. The molecule has 0 unspecified atom stereocenters. The van der Waals surface area contributed by atoms with Crippen molar-refractivity contribution in [1.29, 1.82) is 0 Å². The van der Waals surface area contributed by atoms with Gasteiger partial charge in [-0.1, -0.05) is 0 Å². The summed E-state index contributed by atoms with van der Waals surface area (Å²) in [5.74, 6) is 0. The van der Waals surface area contributed by atoms with Crippen molar-refractivity contribution in [2.45, 2.75) is 0 Å². The minimum absolute atomic E-state index is 0. The second kappa shape index (κ2) is 9.20. The summed E-state index contributed by atoms with van der Waals surface area (Å²) < 4.78 is 39.0. The molecule has 7 nitrogen and oxygen atoms in total. The van der Waals surface area contributed by atoms with Crippen LogP contribution in [0.4, 0.5) is 0 Å². The first-order valence-corrected chi connectivity index (χ1v) is 4.34. The molecule has 2 radical (unpaired) electrons. The number of phosphoric acid groups is 1. The Labute approximate surface area is 137 Å². The fourth-order valence-corrected chi connectivity index (χ4v) is 1.10. The van der Waals surface area contributed by atoms with Crippen LogP contribution in [0.3, 0.4) is 0 Å². The summed E-state index contributed by atoms with van der Waals surface area (Å²) >= 11 is 0. The molecule has 0 heterocycles. The second-order valence-electron chi connectivity index (χ2n) is 0.993. The maximum atomic E-state index is 9.58. The molecule has 0 aliphatic rings. The van der Waals surface area contributed by atoms with E-state index in [0.717, 1.165) is 0 Å². The molecule has 12 heavy (non-hydrogen) atoms. The summed E-state index contributed by atoms with van der Waals surface area (Å²) in [6, 6.07) is 0. The SMILES string of the molecule is O=P(O)(O)OS(=O)(=O)O.[AlH3].[PbH2].[SrH2]. The van der Waals surface area contributed by atoms with Crippen molar-refractivity contribution >= 4 is 108 Å². The molecule has 0 aliphatic heterocycles. The molecule has 3 N–H and O–H groups in total. The molecule has 0 fully saturated rings. The molecule has 0 bridgehead atoms. The van der Waals surface area contributed by atoms with Crippen molar-refractivity contribution in [3.8, 4) is 0 Å². The van der Waals surface area contributed by atoms with E-state index in [1.165, 1.54) is 0 Å². The van der Waals surface area contributed by atoms with Gasteiger partial charge in [-0.15, -0.1) is 3.97 Å². The summed E-state index contributed by atoms with van der Waals surface area (Å²) in [5, 5.41) is 0. The van der Waals surface area contributed by atoms with E-state index in [0.29, 0.717) is 0 Å². The Bertz CT molecular complexity index is 230. The van der Waals surface area contributed by atoms with Crippen molar-refractivity contribution in [2.75, 3.05) is 0 Å². The monoisotopic (exact) mass is 508 g/mol. The Morgan fingerprint density at radius 3 is 1.50 bits per heavy atom. The molecule has 12 heteroatoms. The maximum absolute atomic E-state index is 9.58. The van der Waals surface area contributed by atoms with Gasteiger partial charge >= 0.3 is 91.0 Å². The number of hydrogen-bond acceptors (Lipinski definition) is 4. The molecule has 0 rings (SSSR count). The molecule has 0 amide bonds. The predicted molar refractivity (Wildman–Crippen MR) is 51.7 cm³/mol. The third-order valence-electron chi connectivity index (χ3n) is 0.191. The standard InChI is InChI=1S/Al.H3O7PS.Pb.Sr.7H/c;1-8(2,3)7-9(4,5)6;;;;;;;;;/h;(H2,1,2,3)(H,4,5,6);;;;;;;;;. The zero-order valence-corrected chi connectivity index (χ0v) is 11.7. The van der Waals surface area contributed by atoms with Gasteiger partial charge in [-0.25, -0.2) is 4.57 Å². The molecule has 0 aliphatic carbocycles. The van der Waals surface area contributed by atoms with E-state index in [-0.39, 0.29) is 90.1 Å². The van der Waals surface area contributed by atoms with Crippen LogP contribution in [0, 0.1) is 0 Å². The second-order valence-corrected chi connectivity index (χ2v) is 3.43. The molecular formula is H10AlO7PPbSSr. The molecule has 0 aromatic carbocycles. The van der Waals surface area contributed by atoms with Gasteiger partial charge < -0.3 is 9.79 Å². The zero-order chi connectivity index (χ0) is 7.71. The van der Waals surface area contributed by atoms with Crippen LogP contribution in [0.1, 0.15) is 0 Å². The third kappa shape index (κ3) is 23.1. The van der Waals surface area contributed by atoms with E-state index in [9.17, 15) is 13.0 Å². The van der Waals surface area contributed by atoms with Gasteiger partial charge in [0.1, 0.15) is 0 Å². The molecular weight excluding hydrogens is 497 g/mol. The van der Waals surface area contributed by atoms with Crippen LogP contribution in [0.5, 0.6) is 0 Å². The van der Waals surface area contributed by atoms with E-state index in [4.69, 9.17) is 14.3 Å². The number of hydrogen-bond donors (Lipinski definition) is 3. The van der Waals surface area contributed by atoms with Crippen molar-refractivity contribution in [1.82, 2.24) is 0 Å². The first-order chi connectivity index (χ1) is 3.71. The fourth-order valence-electron chi connectivity index (χ4n) is 0.123. The van der Waals surface area contributed by atoms with Crippen molar-refractivity contribution in [3.63, 3.8) is 0 Å². The summed E-state index contributed by atoms with van der Waals surface area (Å²) in [6.07, 6.45) is 0. The Morgan fingerprint density at radius 2 is 1.50 bits per heavy atom. The first kappa shape index (κ1) is 24.3. The van der Waals surface area contributed by atoms with E-state index in [2.05, 4.69) is 3.97 Å². The van der Waals surface area contributed by atoms with E-state index in [1.807, 2.05) is 0 Å².